The minimum absolute atomic E-state index is 0.372. The number of halogens is 2. The molecule has 2 N–H and O–H groups in total. The van der Waals surface area contributed by atoms with Crippen LogP contribution in [0.15, 0.2) is 22.7 Å². The summed E-state index contributed by atoms with van der Waals surface area (Å²) in [6, 6.07) is 6.02. The Labute approximate surface area is 131 Å². The van der Waals surface area contributed by atoms with Crippen molar-refractivity contribution < 1.29 is 9.84 Å². The molecule has 0 aliphatic heterocycles. The van der Waals surface area contributed by atoms with Crippen molar-refractivity contribution in [2.24, 2.45) is 5.92 Å². The minimum atomic E-state index is -0.484. The SMILES string of the molecule is CC(C)COCC(O)CNc1ccc(I)c(Br)c1. The van der Waals surface area contributed by atoms with Crippen molar-refractivity contribution >= 4 is 44.2 Å². The van der Waals surface area contributed by atoms with E-state index in [-0.39, 0.29) is 0 Å². The van der Waals surface area contributed by atoms with Gasteiger partial charge in [0.15, 0.2) is 0 Å². The third-order valence-electron chi connectivity index (χ3n) is 2.22. The lowest BCUT2D eigenvalue weighted by atomic mass is 10.2. The monoisotopic (exact) mass is 427 g/mol. The van der Waals surface area contributed by atoms with E-state index in [1.807, 2.05) is 18.2 Å². The van der Waals surface area contributed by atoms with Gasteiger partial charge in [-0.2, -0.15) is 0 Å². The van der Waals surface area contributed by atoms with Gasteiger partial charge >= 0.3 is 0 Å². The third kappa shape index (κ3) is 6.36. The van der Waals surface area contributed by atoms with Gasteiger partial charge in [-0.3, -0.25) is 0 Å². The fourth-order valence-corrected chi connectivity index (χ4v) is 2.05. The molecule has 0 fully saturated rings. The van der Waals surface area contributed by atoms with Crippen molar-refractivity contribution in [1.82, 2.24) is 0 Å². The van der Waals surface area contributed by atoms with Crippen LogP contribution in [0, 0.1) is 9.49 Å². The molecule has 0 heterocycles. The molecule has 0 spiro atoms. The molecule has 0 saturated heterocycles. The largest absolute Gasteiger partial charge is 0.389 e. The Morgan fingerprint density at radius 1 is 1.39 bits per heavy atom. The zero-order valence-corrected chi connectivity index (χ0v) is 14.4. The van der Waals surface area contributed by atoms with Crippen LogP contribution >= 0.6 is 38.5 Å². The lowest BCUT2D eigenvalue weighted by Crippen LogP contribution is -2.25. The molecule has 102 valence electrons. The van der Waals surface area contributed by atoms with E-state index in [0.29, 0.717) is 25.7 Å². The van der Waals surface area contributed by atoms with Gasteiger partial charge in [0.05, 0.1) is 12.7 Å². The van der Waals surface area contributed by atoms with Crippen LogP contribution in [0.2, 0.25) is 0 Å². The zero-order chi connectivity index (χ0) is 13.5. The highest BCUT2D eigenvalue weighted by molar-refractivity contribution is 14.1. The molecule has 0 amide bonds. The summed E-state index contributed by atoms with van der Waals surface area (Å²) in [7, 11) is 0. The second-order valence-corrected chi connectivity index (χ2v) is 6.61. The normalized spacial score (nSPS) is 12.8. The number of ether oxygens (including phenoxy) is 1. The molecule has 1 unspecified atom stereocenters. The fraction of sp³-hybridized carbons (Fsp3) is 0.538. The molecule has 1 rings (SSSR count). The first-order chi connectivity index (χ1) is 8.49. The number of rotatable bonds is 7. The van der Waals surface area contributed by atoms with Crippen molar-refractivity contribution in [3.63, 3.8) is 0 Å². The number of nitrogens with one attached hydrogen (secondary N) is 1. The lowest BCUT2D eigenvalue weighted by Gasteiger charge is -2.14. The molecule has 1 atom stereocenters. The van der Waals surface area contributed by atoms with E-state index in [1.54, 1.807) is 0 Å². The lowest BCUT2D eigenvalue weighted by molar-refractivity contribution is 0.0318. The van der Waals surface area contributed by atoms with Gasteiger partial charge in [-0.05, 0) is 62.6 Å². The predicted octanol–water partition coefficient (Wildman–Crippen LogP) is 3.50. The standard InChI is InChI=1S/C13H19BrINO2/c1-9(2)7-18-8-11(17)6-16-10-3-4-13(15)12(14)5-10/h3-5,9,11,16-17H,6-8H2,1-2H3. The van der Waals surface area contributed by atoms with E-state index in [1.165, 1.54) is 3.57 Å². The van der Waals surface area contributed by atoms with Gasteiger partial charge in [0.25, 0.3) is 0 Å². The van der Waals surface area contributed by atoms with E-state index >= 15 is 0 Å². The summed E-state index contributed by atoms with van der Waals surface area (Å²) in [4.78, 5) is 0. The molecule has 0 bridgehead atoms. The Kier molecular flexibility index (Phi) is 7.51. The Morgan fingerprint density at radius 2 is 2.11 bits per heavy atom. The molecular formula is C13H19BrINO2. The summed E-state index contributed by atoms with van der Waals surface area (Å²) in [5, 5.41) is 12.9. The smallest absolute Gasteiger partial charge is 0.0945 e. The highest BCUT2D eigenvalue weighted by Crippen LogP contribution is 2.22. The Morgan fingerprint density at radius 3 is 2.72 bits per heavy atom. The van der Waals surface area contributed by atoms with Crippen LogP contribution in [0.3, 0.4) is 0 Å². The first kappa shape index (κ1) is 16.2. The van der Waals surface area contributed by atoms with Gasteiger partial charge in [0, 0.05) is 26.9 Å². The summed E-state index contributed by atoms with van der Waals surface area (Å²) < 4.78 is 7.61. The quantitative estimate of drug-likeness (QED) is 0.654. The molecule has 0 saturated carbocycles. The Balaban J connectivity index is 2.29. The maximum atomic E-state index is 9.75. The Bertz CT molecular complexity index is 374. The van der Waals surface area contributed by atoms with Crippen molar-refractivity contribution in [2.75, 3.05) is 25.1 Å². The minimum Gasteiger partial charge on any atom is -0.389 e. The number of hydrogen-bond acceptors (Lipinski definition) is 3. The number of hydrogen-bond donors (Lipinski definition) is 2. The van der Waals surface area contributed by atoms with Gasteiger partial charge < -0.3 is 15.2 Å². The van der Waals surface area contributed by atoms with Crippen molar-refractivity contribution in [1.29, 1.82) is 0 Å². The van der Waals surface area contributed by atoms with Crippen LogP contribution in [0.25, 0.3) is 0 Å². The maximum absolute atomic E-state index is 9.75. The van der Waals surface area contributed by atoms with E-state index in [0.717, 1.165) is 10.2 Å². The van der Waals surface area contributed by atoms with Crippen LogP contribution in [0.5, 0.6) is 0 Å². The van der Waals surface area contributed by atoms with E-state index < -0.39 is 6.10 Å². The summed E-state index contributed by atoms with van der Waals surface area (Å²) in [5.41, 5.74) is 0.991. The van der Waals surface area contributed by atoms with E-state index in [4.69, 9.17) is 4.74 Å². The van der Waals surface area contributed by atoms with Gasteiger partial charge in [0.2, 0.25) is 0 Å². The summed E-state index contributed by atoms with van der Waals surface area (Å²) in [6.07, 6.45) is -0.484. The van der Waals surface area contributed by atoms with Crippen LogP contribution < -0.4 is 5.32 Å². The highest BCUT2D eigenvalue weighted by Gasteiger charge is 2.05. The Hall–Kier alpha value is 0.150. The number of anilines is 1. The summed E-state index contributed by atoms with van der Waals surface area (Å²) >= 11 is 5.74. The maximum Gasteiger partial charge on any atom is 0.0945 e. The number of aliphatic hydroxyl groups excluding tert-OH is 1. The molecule has 1 aromatic carbocycles. The van der Waals surface area contributed by atoms with Gasteiger partial charge in [-0.25, -0.2) is 0 Å². The molecule has 0 aromatic heterocycles. The summed E-state index contributed by atoms with van der Waals surface area (Å²) in [6.45, 7) is 5.73. The van der Waals surface area contributed by atoms with Crippen molar-refractivity contribution in [3.8, 4) is 0 Å². The molecule has 3 nitrogen and oxygen atoms in total. The van der Waals surface area contributed by atoms with Crippen LogP contribution in [-0.4, -0.2) is 31.0 Å². The topological polar surface area (TPSA) is 41.5 Å². The molecule has 0 aliphatic carbocycles. The third-order valence-corrected chi connectivity index (χ3v) is 4.56. The molecule has 1 aromatic rings. The van der Waals surface area contributed by atoms with Gasteiger partial charge in [-0.15, -0.1) is 0 Å². The van der Waals surface area contributed by atoms with Crippen molar-refractivity contribution in [3.05, 3.63) is 26.2 Å². The second kappa shape index (κ2) is 8.35. The van der Waals surface area contributed by atoms with E-state index in [2.05, 4.69) is 57.7 Å². The van der Waals surface area contributed by atoms with Crippen LogP contribution in [0.1, 0.15) is 13.8 Å². The average Bonchev–Trinajstić information content (AvgIpc) is 2.30. The predicted molar refractivity (Wildman–Crippen MR) is 87.0 cm³/mol. The average molecular weight is 428 g/mol. The molecule has 5 heteroatoms. The molecule has 0 radical (unpaired) electrons. The van der Waals surface area contributed by atoms with Gasteiger partial charge in [0.1, 0.15) is 0 Å². The molecule has 0 aliphatic rings. The molecular weight excluding hydrogens is 409 g/mol. The highest BCUT2D eigenvalue weighted by atomic mass is 127. The van der Waals surface area contributed by atoms with Crippen molar-refractivity contribution in [2.45, 2.75) is 20.0 Å². The number of benzene rings is 1. The fourth-order valence-electron chi connectivity index (χ4n) is 1.34. The molecule has 18 heavy (non-hydrogen) atoms. The van der Waals surface area contributed by atoms with Crippen LogP contribution in [0.4, 0.5) is 5.69 Å². The summed E-state index contributed by atoms with van der Waals surface area (Å²) in [5.74, 6) is 0.498. The first-order valence-electron chi connectivity index (χ1n) is 5.93. The van der Waals surface area contributed by atoms with Gasteiger partial charge in [-0.1, -0.05) is 13.8 Å². The zero-order valence-electron chi connectivity index (χ0n) is 10.6. The number of aliphatic hydroxyl groups is 1. The second-order valence-electron chi connectivity index (χ2n) is 4.59. The van der Waals surface area contributed by atoms with Crippen LogP contribution in [-0.2, 0) is 4.74 Å². The first-order valence-corrected chi connectivity index (χ1v) is 7.81. The van der Waals surface area contributed by atoms with E-state index in [9.17, 15) is 5.11 Å².